The fourth-order valence-electron chi connectivity index (χ4n) is 4.89. The van der Waals surface area contributed by atoms with Gasteiger partial charge in [-0.3, -0.25) is 14.6 Å². The Kier molecular flexibility index (Phi) is 8.23. The molecule has 2 heterocycles. The van der Waals surface area contributed by atoms with Gasteiger partial charge in [0, 0.05) is 51.0 Å². The lowest BCUT2D eigenvalue weighted by atomic mass is 9.91. The molecule has 196 valence electrons. The van der Waals surface area contributed by atoms with Crippen LogP contribution in [0.4, 0.5) is 9.18 Å². The molecule has 8 nitrogen and oxygen atoms in total. The van der Waals surface area contributed by atoms with Crippen molar-refractivity contribution in [2.24, 2.45) is 0 Å². The van der Waals surface area contributed by atoms with Gasteiger partial charge in [0.1, 0.15) is 5.82 Å². The van der Waals surface area contributed by atoms with E-state index in [-0.39, 0.29) is 18.5 Å². The first kappa shape index (κ1) is 26.3. The zero-order valence-electron chi connectivity index (χ0n) is 21.5. The summed E-state index contributed by atoms with van der Waals surface area (Å²) in [6, 6.07) is 12.4. The number of ether oxygens (including phenoxy) is 1. The molecule has 1 N–H and O–H groups in total. The standard InChI is InChI=1S/C28H33FN4O4/c1-4-37-27(35)24-23(31(3)28(36)30-25(24)22-12-6-5-9-19(22)2)18-32-13-8-14-33(16-15-32)26(34)20-10-7-11-21(29)17-20/h5-7,9-12,17,25H,4,8,13-16,18H2,1-3H3,(H,30,36)/t25-/m1/s1. The van der Waals surface area contributed by atoms with Gasteiger partial charge in [0.25, 0.3) is 5.91 Å². The molecule has 1 atom stereocenters. The molecule has 3 amide bonds. The predicted molar refractivity (Wildman–Crippen MR) is 137 cm³/mol. The van der Waals surface area contributed by atoms with Crippen molar-refractivity contribution in [3.05, 3.63) is 82.3 Å². The van der Waals surface area contributed by atoms with Crippen molar-refractivity contribution >= 4 is 17.9 Å². The minimum Gasteiger partial charge on any atom is -0.463 e. The Labute approximate surface area is 216 Å². The number of carbonyl (C=O) groups excluding carboxylic acids is 3. The third-order valence-corrected chi connectivity index (χ3v) is 6.89. The fourth-order valence-corrected chi connectivity index (χ4v) is 4.89. The van der Waals surface area contributed by atoms with E-state index in [2.05, 4.69) is 10.2 Å². The van der Waals surface area contributed by atoms with Gasteiger partial charge in [0.05, 0.1) is 18.2 Å². The van der Waals surface area contributed by atoms with E-state index in [1.165, 1.54) is 23.1 Å². The van der Waals surface area contributed by atoms with Crippen molar-refractivity contribution in [3.8, 4) is 0 Å². The molecule has 1 fully saturated rings. The number of nitrogens with one attached hydrogen (secondary N) is 1. The Hall–Kier alpha value is -3.72. The maximum absolute atomic E-state index is 13.6. The van der Waals surface area contributed by atoms with Crippen LogP contribution in [0.5, 0.6) is 0 Å². The normalized spacial score (nSPS) is 18.9. The molecule has 37 heavy (non-hydrogen) atoms. The minimum atomic E-state index is -0.628. The Morgan fingerprint density at radius 2 is 1.86 bits per heavy atom. The highest BCUT2D eigenvalue weighted by Crippen LogP contribution is 2.33. The van der Waals surface area contributed by atoms with E-state index in [0.717, 1.165) is 11.1 Å². The van der Waals surface area contributed by atoms with Gasteiger partial charge in [-0.05, 0) is 49.6 Å². The third kappa shape index (κ3) is 5.83. The number of hydrogen-bond acceptors (Lipinski definition) is 5. The zero-order chi connectivity index (χ0) is 26.5. The topological polar surface area (TPSA) is 82.2 Å². The van der Waals surface area contributed by atoms with Crippen molar-refractivity contribution in [2.75, 3.05) is 46.4 Å². The first-order chi connectivity index (χ1) is 17.8. The molecule has 0 bridgehead atoms. The number of rotatable bonds is 6. The number of likely N-dealkylation sites (N-methyl/N-ethyl adjacent to an activating group) is 1. The lowest BCUT2D eigenvalue weighted by Gasteiger charge is -2.37. The molecule has 2 aromatic rings. The number of amides is 3. The van der Waals surface area contributed by atoms with Crippen LogP contribution in [-0.2, 0) is 9.53 Å². The summed E-state index contributed by atoms with van der Waals surface area (Å²) < 4.78 is 19.1. The van der Waals surface area contributed by atoms with Crippen LogP contribution in [0.15, 0.2) is 59.8 Å². The number of hydrogen-bond donors (Lipinski definition) is 1. The molecule has 0 aliphatic carbocycles. The van der Waals surface area contributed by atoms with E-state index < -0.39 is 17.8 Å². The average molecular weight is 509 g/mol. The van der Waals surface area contributed by atoms with Gasteiger partial charge in [-0.2, -0.15) is 0 Å². The first-order valence-electron chi connectivity index (χ1n) is 12.6. The molecule has 0 unspecified atom stereocenters. The van der Waals surface area contributed by atoms with E-state index in [1.807, 2.05) is 31.2 Å². The van der Waals surface area contributed by atoms with Crippen molar-refractivity contribution in [1.82, 2.24) is 20.0 Å². The van der Waals surface area contributed by atoms with Gasteiger partial charge in [0.2, 0.25) is 0 Å². The van der Waals surface area contributed by atoms with Crippen molar-refractivity contribution < 1.29 is 23.5 Å². The molecule has 0 radical (unpaired) electrons. The van der Waals surface area contributed by atoms with Crippen LogP contribution in [0.25, 0.3) is 0 Å². The number of aryl methyl sites for hydroxylation is 1. The molecule has 9 heteroatoms. The quantitative estimate of drug-likeness (QED) is 0.604. The highest BCUT2D eigenvalue weighted by Gasteiger charge is 2.38. The van der Waals surface area contributed by atoms with Gasteiger partial charge in [-0.15, -0.1) is 0 Å². The maximum Gasteiger partial charge on any atom is 0.338 e. The zero-order valence-corrected chi connectivity index (χ0v) is 21.5. The van der Waals surface area contributed by atoms with Gasteiger partial charge in [0.15, 0.2) is 0 Å². The molecule has 0 saturated carbocycles. The summed E-state index contributed by atoms with van der Waals surface area (Å²) in [6.45, 7) is 6.48. The van der Waals surface area contributed by atoms with Crippen LogP contribution in [-0.4, -0.2) is 79.0 Å². The van der Waals surface area contributed by atoms with Crippen LogP contribution in [0.2, 0.25) is 0 Å². The fraction of sp³-hybridized carbons (Fsp3) is 0.393. The van der Waals surface area contributed by atoms with Gasteiger partial charge >= 0.3 is 12.0 Å². The summed E-state index contributed by atoms with van der Waals surface area (Å²) >= 11 is 0. The lowest BCUT2D eigenvalue weighted by molar-refractivity contribution is -0.139. The van der Waals surface area contributed by atoms with Crippen LogP contribution < -0.4 is 5.32 Å². The van der Waals surface area contributed by atoms with Crippen molar-refractivity contribution in [1.29, 1.82) is 0 Å². The maximum atomic E-state index is 13.6. The minimum absolute atomic E-state index is 0.207. The molecule has 2 aromatic carbocycles. The van der Waals surface area contributed by atoms with Gasteiger partial charge in [-0.25, -0.2) is 14.0 Å². The number of nitrogens with zero attached hydrogens (tertiary/aromatic N) is 3. The van der Waals surface area contributed by atoms with Crippen LogP contribution in [0.3, 0.4) is 0 Å². The Balaban J connectivity index is 1.60. The van der Waals surface area contributed by atoms with E-state index in [0.29, 0.717) is 56.0 Å². The van der Waals surface area contributed by atoms with E-state index in [4.69, 9.17) is 4.74 Å². The first-order valence-corrected chi connectivity index (χ1v) is 12.6. The Morgan fingerprint density at radius 3 is 2.59 bits per heavy atom. The summed E-state index contributed by atoms with van der Waals surface area (Å²) in [5, 5.41) is 2.96. The Morgan fingerprint density at radius 1 is 1.08 bits per heavy atom. The van der Waals surface area contributed by atoms with Crippen molar-refractivity contribution in [3.63, 3.8) is 0 Å². The largest absolute Gasteiger partial charge is 0.463 e. The summed E-state index contributed by atoms with van der Waals surface area (Å²) in [5.74, 6) is -1.11. The molecule has 4 rings (SSSR count). The van der Waals surface area contributed by atoms with E-state index in [9.17, 15) is 18.8 Å². The van der Waals surface area contributed by atoms with Gasteiger partial charge < -0.3 is 15.0 Å². The van der Waals surface area contributed by atoms with Crippen LogP contribution in [0, 0.1) is 12.7 Å². The van der Waals surface area contributed by atoms with Crippen LogP contribution in [0.1, 0.15) is 40.9 Å². The second-order valence-electron chi connectivity index (χ2n) is 9.31. The molecule has 0 aromatic heterocycles. The number of urea groups is 1. The molecule has 1 saturated heterocycles. The average Bonchev–Trinajstić information content (AvgIpc) is 3.12. The third-order valence-electron chi connectivity index (χ3n) is 6.89. The second-order valence-corrected chi connectivity index (χ2v) is 9.31. The molecule has 0 spiro atoms. The monoisotopic (exact) mass is 508 g/mol. The molecular weight excluding hydrogens is 475 g/mol. The number of halogens is 1. The van der Waals surface area contributed by atoms with E-state index in [1.54, 1.807) is 24.9 Å². The molecular formula is C28H33FN4O4. The summed E-state index contributed by atoms with van der Waals surface area (Å²) in [7, 11) is 1.65. The Bertz CT molecular complexity index is 1210. The van der Waals surface area contributed by atoms with Crippen molar-refractivity contribution in [2.45, 2.75) is 26.3 Å². The second kappa shape index (κ2) is 11.6. The predicted octanol–water partition coefficient (Wildman–Crippen LogP) is 3.50. The lowest BCUT2D eigenvalue weighted by Crippen LogP contribution is -2.49. The van der Waals surface area contributed by atoms with E-state index >= 15 is 0 Å². The summed E-state index contributed by atoms with van der Waals surface area (Å²) in [6.07, 6.45) is 0.709. The molecule has 2 aliphatic rings. The number of carbonyl (C=O) groups is 3. The summed E-state index contributed by atoms with van der Waals surface area (Å²) in [5.41, 5.74) is 3.12. The van der Waals surface area contributed by atoms with Gasteiger partial charge in [-0.1, -0.05) is 30.3 Å². The number of esters is 1. The number of benzene rings is 2. The van der Waals surface area contributed by atoms with Crippen LogP contribution >= 0.6 is 0 Å². The SMILES string of the molecule is CCOC(=O)C1=C(CN2CCCN(C(=O)c3cccc(F)c3)CC2)N(C)C(=O)N[C@@H]1c1ccccc1C. The smallest absolute Gasteiger partial charge is 0.338 e. The highest BCUT2D eigenvalue weighted by molar-refractivity contribution is 5.95. The highest BCUT2D eigenvalue weighted by atomic mass is 19.1. The molecule has 2 aliphatic heterocycles. The summed E-state index contributed by atoms with van der Waals surface area (Å²) in [4.78, 5) is 44.5.